The number of carbonyl (C=O) groups is 1. The molecular weight excluding hydrogens is 300 g/mol. The van der Waals surface area contributed by atoms with E-state index in [9.17, 15) is 4.79 Å². The Kier molecular flexibility index (Phi) is 3.61. The third kappa shape index (κ3) is 2.26. The van der Waals surface area contributed by atoms with E-state index in [-0.39, 0.29) is 0 Å². The van der Waals surface area contributed by atoms with Gasteiger partial charge in [-0.15, -0.1) is 0 Å². The van der Waals surface area contributed by atoms with Crippen LogP contribution in [0, 0.1) is 0 Å². The Morgan fingerprint density at radius 3 is 2.78 bits per heavy atom. The topological polar surface area (TPSA) is 117 Å². The summed E-state index contributed by atoms with van der Waals surface area (Å²) >= 11 is 0. The Balaban J connectivity index is 2.27. The largest absolute Gasteiger partial charge is 0.493 e. The molecule has 2 heterocycles. The highest BCUT2D eigenvalue weighted by Crippen LogP contribution is 2.41. The van der Waals surface area contributed by atoms with Crippen molar-refractivity contribution in [1.29, 1.82) is 0 Å². The van der Waals surface area contributed by atoms with Gasteiger partial charge >= 0.3 is 0 Å². The number of methoxy groups -OCH3 is 2. The van der Waals surface area contributed by atoms with Gasteiger partial charge in [0, 0.05) is 11.3 Å². The summed E-state index contributed by atoms with van der Waals surface area (Å²) in [6, 6.07) is 4.78. The molecule has 1 unspecified atom stereocenters. The molecule has 0 bridgehead atoms. The zero-order valence-corrected chi connectivity index (χ0v) is 12.9. The minimum absolute atomic E-state index is 0.358. The second kappa shape index (κ2) is 5.59. The van der Waals surface area contributed by atoms with Crippen LogP contribution in [0.25, 0.3) is 0 Å². The monoisotopic (exact) mass is 316 g/mol. The van der Waals surface area contributed by atoms with Gasteiger partial charge in [-0.1, -0.05) is 17.2 Å². The lowest BCUT2D eigenvalue weighted by Crippen LogP contribution is -2.32. The van der Waals surface area contributed by atoms with E-state index in [0.29, 0.717) is 34.3 Å². The molecule has 9 heteroatoms. The maximum absolute atomic E-state index is 12.0. The number of ether oxygens (including phenoxy) is 2. The third-order valence-electron chi connectivity index (χ3n) is 3.71. The first-order valence-corrected chi connectivity index (χ1v) is 6.84. The van der Waals surface area contributed by atoms with Crippen molar-refractivity contribution in [2.45, 2.75) is 13.0 Å². The predicted molar refractivity (Wildman–Crippen MR) is 81.0 cm³/mol. The van der Waals surface area contributed by atoms with Gasteiger partial charge in [0.2, 0.25) is 11.9 Å². The predicted octanol–water partition coefficient (Wildman–Crippen LogP) is 0.464. The number of benzene rings is 1. The van der Waals surface area contributed by atoms with Crippen LogP contribution in [-0.4, -0.2) is 40.3 Å². The normalized spacial score (nSPS) is 16.6. The molecular formula is C14H16N6O3. The van der Waals surface area contributed by atoms with Gasteiger partial charge in [0.1, 0.15) is 6.04 Å². The molecule has 1 aliphatic heterocycles. The summed E-state index contributed by atoms with van der Waals surface area (Å²) in [4.78, 5) is 12.0. The van der Waals surface area contributed by atoms with E-state index in [0.717, 1.165) is 0 Å². The van der Waals surface area contributed by atoms with Crippen LogP contribution in [-0.2, 0) is 4.79 Å². The zero-order valence-electron chi connectivity index (χ0n) is 12.9. The Morgan fingerprint density at radius 2 is 2.13 bits per heavy atom. The molecule has 0 saturated carbocycles. The zero-order chi connectivity index (χ0) is 16.6. The van der Waals surface area contributed by atoms with Crippen LogP contribution in [0.3, 0.4) is 0 Å². The first kappa shape index (κ1) is 14.8. The van der Waals surface area contributed by atoms with Gasteiger partial charge in [-0.25, -0.2) is 0 Å². The molecule has 1 amide bonds. The Bertz CT molecular complexity index is 798. The second-order valence-corrected chi connectivity index (χ2v) is 4.96. The van der Waals surface area contributed by atoms with Crippen LogP contribution in [0.5, 0.6) is 11.5 Å². The average molecular weight is 316 g/mol. The van der Waals surface area contributed by atoms with Gasteiger partial charge in [0.05, 0.1) is 19.8 Å². The van der Waals surface area contributed by atoms with E-state index < -0.39 is 11.9 Å². The average Bonchev–Trinajstić information content (AvgIpc) is 3.00. The number of tetrazole rings is 1. The van der Waals surface area contributed by atoms with Gasteiger partial charge in [0.25, 0.3) is 0 Å². The first-order valence-electron chi connectivity index (χ1n) is 6.84. The number of nitrogens with two attached hydrogens (primary N) is 1. The van der Waals surface area contributed by atoms with Crippen LogP contribution in [0.2, 0.25) is 0 Å². The van der Waals surface area contributed by atoms with Crippen molar-refractivity contribution < 1.29 is 14.3 Å². The number of amides is 1. The number of nitrogens with zero attached hydrogens (tertiary/aromatic N) is 4. The molecule has 0 radical (unpaired) electrons. The van der Waals surface area contributed by atoms with Gasteiger partial charge in [-0.05, 0) is 23.4 Å². The van der Waals surface area contributed by atoms with E-state index in [2.05, 4.69) is 20.8 Å². The molecule has 1 atom stereocenters. The number of hydrogen-bond donors (Lipinski definition) is 2. The molecule has 2 aromatic rings. The summed E-state index contributed by atoms with van der Waals surface area (Å²) in [6.07, 6.45) is 0. The quantitative estimate of drug-likeness (QED) is 0.841. The molecule has 0 aliphatic carbocycles. The lowest BCUT2D eigenvalue weighted by atomic mass is 9.94. The molecule has 3 N–H and O–H groups in total. The number of rotatable bonds is 4. The van der Waals surface area contributed by atoms with Gasteiger partial charge in [0.15, 0.2) is 11.5 Å². The fraction of sp³-hybridized carbons (Fsp3) is 0.286. The Morgan fingerprint density at radius 1 is 1.35 bits per heavy atom. The molecule has 0 spiro atoms. The van der Waals surface area contributed by atoms with Crippen LogP contribution in [0.1, 0.15) is 18.5 Å². The highest BCUT2D eigenvalue weighted by Gasteiger charge is 2.35. The van der Waals surface area contributed by atoms with Crippen molar-refractivity contribution in [2.24, 2.45) is 5.73 Å². The highest BCUT2D eigenvalue weighted by atomic mass is 16.5. The maximum Gasteiger partial charge on any atom is 0.248 e. The molecule has 1 aromatic heterocycles. The summed E-state index contributed by atoms with van der Waals surface area (Å²) in [5.41, 5.74) is 7.21. The van der Waals surface area contributed by atoms with E-state index in [1.165, 1.54) is 11.8 Å². The lowest BCUT2D eigenvalue weighted by molar-refractivity contribution is -0.115. The van der Waals surface area contributed by atoms with Gasteiger partial charge < -0.3 is 20.5 Å². The number of allylic oxidation sites excluding steroid dienone is 1. The Labute approximate surface area is 132 Å². The number of fused-ring (bicyclic) bond motifs is 1. The summed E-state index contributed by atoms with van der Waals surface area (Å²) in [5.74, 6) is 0.892. The first-order chi connectivity index (χ1) is 11.1. The van der Waals surface area contributed by atoms with Gasteiger partial charge in [-0.3, -0.25) is 4.79 Å². The van der Waals surface area contributed by atoms with Crippen molar-refractivity contribution in [3.63, 3.8) is 0 Å². The third-order valence-corrected chi connectivity index (χ3v) is 3.71. The molecule has 1 aliphatic rings. The summed E-state index contributed by atoms with van der Waals surface area (Å²) < 4.78 is 12.3. The van der Waals surface area contributed by atoms with E-state index in [1.807, 2.05) is 6.07 Å². The summed E-state index contributed by atoms with van der Waals surface area (Å²) in [5, 5.41) is 14.5. The highest BCUT2D eigenvalue weighted by molar-refractivity contribution is 5.95. The lowest BCUT2D eigenvalue weighted by Gasteiger charge is -2.28. The number of anilines is 1. The number of hydrogen-bond acceptors (Lipinski definition) is 7. The number of carbonyl (C=O) groups excluding carboxylic acids is 1. The SMILES string of the molecule is COc1cccc(C2C(C(N)=O)=C(C)Nc3nnnn32)c1OC. The van der Waals surface area contributed by atoms with Crippen molar-refractivity contribution >= 4 is 11.9 Å². The molecule has 23 heavy (non-hydrogen) atoms. The van der Waals surface area contributed by atoms with Crippen LogP contribution >= 0.6 is 0 Å². The minimum Gasteiger partial charge on any atom is -0.493 e. The van der Waals surface area contributed by atoms with Crippen molar-refractivity contribution in [2.75, 3.05) is 19.5 Å². The molecule has 0 fully saturated rings. The molecule has 120 valence electrons. The molecule has 9 nitrogen and oxygen atoms in total. The number of primary amides is 1. The van der Waals surface area contributed by atoms with E-state index in [1.54, 1.807) is 26.2 Å². The fourth-order valence-electron chi connectivity index (χ4n) is 2.75. The van der Waals surface area contributed by atoms with E-state index >= 15 is 0 Å². The standard InChI is InChI=1S/C14H16N6O3/c1-7-10(13(15)21)11(20-14(16-7)17-18-19-20)8-5-4-6-9(22-2)12(8)23-3/h4-6,11H,1-3H3,(H2,15,21)(H,16,17,19). The second-order valence-electron chi connectivity index (χ2n) is 4.96. The minimum atomic E-state index is -0.608. The maximum atomic E-state index is 12.0. The van der Waals surface area contributed by atoms with Crippen LogP contribution in [0.4, 0.5) is 5.95 Å². The molecule has 3 rings (SSSR count). The summed E-state index contributed by atoms with van der Waals surface area (Å²) in [6.45, 7) is 1.75. The fourth-order valence-corrected chi connectivity index (χ4v) is 2.75. The summed E-state index contributed by atoms with van der Waals surface area (Å²) in [7, 11) is 3.08. The number of aromatic nitrogens is 4. The van der Waals surface area contributed by atoms with Crippen LogP contribution < -0.4 is 20.5 Å². The van der Waals surface area contributed by atoms with Crippen molar-refractivity contribution in [1.82, 2.24) is 20.2 Å². The molecule has 1 aromatic carbocycles. The Hall–Kier alpha value is -3.10. The van der Waals surface area contributed by atoms with Crippen molar-refractivity contribution in [3.8, 4) is 11.5 Å². The van der Waals surface area contributed by atoms with Crippen molar-refractivity contribution in [3.05, 3.63) is 35.0 Å². The van der Waals surface area contributed by atoms with Gasteiger partial charge in [-0.2, -0.15) is 4.68 Å². The number of nitrogens with one attached hydrogen (secondary N) is 1. The van der Waals surface area contributed by atoms with E-state index in [4.69, 9.17) is 15.2 Å². The van der Waals surface area contributed by atoms with Crippen LogP contribution in [0.15, 0.2) is 29.5 Å². The molecule has 0 saturated heterocycles. The number of para-hydroxylation sites is 1. The smallest absolute Gasteiger partial charge is 0.248 e.